The number of benzene rings is 1. The van der Waals surface area contributed by atoms with Crippen LogP contribution >= 0.6 is 0 Å². The first-order chi connectivity index (χ1) is 12.1. The summed E-state index contributed by atoms with van der Waals surface area (Å²) in [4.78, 5) is 23.8. The summed E-state index contributed by atoms with van der Waals surface area (Å²) in [7, 11) is 1.49. The van der Waals surface area contributed by atoms with Crippen molar-refractivity contribution < 1.29 is 19.5 Å². The Kier molecular flexibility index (Phi) is 3.10. The lowest BCUT2D eigenvalue weighted by atomic mass is 9.71. The first-order valence-electron chi connectivity index (χ1n) is 9.00. The van der Waals surface area contributed by atoms with Crippen LogP contribution < -0.4 is 5.06 Å². The number of hydrogen-bond donors (Lipinski definition) is 1. The molecule has 0 radical (unpaired) electrons. The van der Waals surface area contributed by atoms with Crippen LogP contribution in [0.25, 0.3) is 0 Å². The molecule has 1 N–H and O–H groups in total. The molecule has 3 fully saturated rings. The number of phenols is 1. The maximum atomic E-state index is 13.4. The zero-order valence-corrected chi connectivity index (χ0v) is 14.4. The van der Waals surface area contributed by atoms with Crippen molar-refractivity contribution >= 4 is 17.3 Å². The number of carbonyl (C=O) groups is 1. The second kappa shape index (κ2) is 5.05. The predicted octanol–water partition coefficient (Wildman–Crippen LogP) is 2.20. The highest BCUT2D eigenvalue weighted by Crippen LogP contribution is 2.57. The molecule has 1 aliphatic carbocycles. The zero-order chi connectivity index (χ0) is 17.3. The largest absolute Gasteiger partial charge is 0.508 e. The summed E-state index contributed by atoms with van der Waals surface area (Å²) in [5, 5.41) is 11.2. The first-order valence-corrected chi connectivity index (χ1v) is 9.00. The van der Waals surface area contributed by atoms with Gasteiger partial charge in [0.1, 0.15) is 11.2 Å². The molecule has 25 heavy (non-hydrogen) atoms. The van der Waals surface area contributed by atoms with E-state index >= 15 is 0 Å². The van der Waals surface area contributed by atoms with Gasteiger partial charge in [0.05, 0.1) is 31.5 Å². The molecule has 1 spiro atoms. The molecule has 1 saturated carbocycles. The number of hydrogen-bond acceptors (Lipinski definition) is 5. The van der Waals surface area contributed by atoms with Gasteiger partial charge < -0.3 is 9.84 Å². The van der Waals surface area contributed by atoms with E-state index in [9.17, 15) is 9.90 Å². The number of amides is 1. The molecule has 4 aliphatic heterocycles. The van der Waals surface area contributed by atoms with Crippen LogP contribution in [0, 0.1) is 11.8 Å². The molecular weight excluding hydrogens is 320 g/mol. The highest BCUT2D eigenvalue weighted by molar-refractivity contribution is 6.08. The van der Waals surface area contributed by atoms with E-state index in [1.54, 1.807) is 12.1 Å². The fourth-order valence-electron chi connectivity index (χ4n) is 5.50. The second-order valence-corrected chi connectivity index (χ2v) is 7.53. The van der Waals surface area contributed by atoms with Crippen LogP contribution in [0.15, 0.2) is 23.2 Å². The predicted molar refractivity (Wildman–Crippen MR) is 91.7 cm³/mol. The molecule has 5 atom stereocenters. The Balaban J connectivity index is 1.69. The van der Waals surface area contributed by atoms with Crippen LogP contribution in [0.5, 0.6) is 5.75 Å². The minimum Gasteiger partial charge on any atom is -0.508 e. The third-order valence-electron chi connectivity index (χ3n) is 6.60. The second-order valence-electron chi connectivity index (χ2n) is 7.53. The van der Waals surface area contributed by atoms with Crippen molar-refractivity contribution in [3.63, 3.8) is 0 Å². The van der Waals surface area contributed by atoms with Crippen molar-refractivity contribution in [1.82, 2.24) is 0 Å². The van der Waals surface area contributed by atoms with Gasteiger partial charge in [0.15, 0.2) is 0 Å². The summed E-state index contributed by atoms with van der Waals surface area (Å²) in [6, 6.07) is 5.21. The van der Waals surface area contributed by atoms with Crippen molar-refractivity contribution in [2.75, 3.05) is 18.8 Å². The highest BCUT2D eigenvalue weighted by Gasteiger charge is 2.64. The standard InChI is InChI=1S/C19H22N2O4/c1-3-14-11-7-17-19(8-15(20-14)12(11)9-25-17)13-5-4-10(22)6-16(13)21(24-2)18(19)23/h4-6,11-12,15,17,22H,3,7-9H2,1-2H3/t11-,12?,15?,17+,19+/m1/s1. The Labute approximate surface area is 146 Å². The van der Waals surface area contributed by atoms with Crippen molar-refractivity contribution in [1.29, 1.82) is 0 Å². The minimum atomic E-state index is -0.768. The summed E-state index contributed by atoms with van der Waals surface area (Å²) in [6.45, 7) is 2.83. The third-order valence-corrected chi connectivity index (χ3v) is 6.60. The van der Waals surface area contributed by atoms with Crippen molar-refractivity contribution in [2.45, 2.75) is 43.7 Å². The normalized spacial score (nSPS) is 38.2. The average molecular weight is 342 g/mol. The van der Waals surface area contributed by atoms with Crippen LogP contribution in [-0.2, 0) is 19.8 Å². The average Bonchev–Trinajstić information content (AvgIpc) is 2.95. The number of fused-ring (bicyclic) bond motifs is 2. The Morgan fingerprint density at radius 1 is 1.48 bits per heavy atom. The number of nitrogens with zero attached hydrogens (tertiary/aromatic N) is 2. The number of anilines is 1. The minimum absolute atomic E-state index is 0.0953. The molecule has 1 aromatic rings. The molecule has 6 rings (SSSR count). The van der Waals surface area contributed by atoms with Crippen LogP contribution in [0.2, 0.25) is 0 Å². The SMILES string of the molecule is CCC1=NC2C[C@@]3(C(=O)N(OC)c4cc(O)ccc43)[C@@H]3C[C@@H]1C2CO3. The Bertz CT molecular complexity index is 792. The van der Waals surface area contributed by atoms with E-state index in [1.807, 2.05) is 6.07 Å². The summed E-state index contributed by atoms with van der Waals surface area (Å²) >= 11 is 0. The molecule has 0 aromatic heterocycles. The van der Waals surface area contributed by atoms with E-state index in [2.05, 4.69) is 6.92 Å². The van der Waals surface area contributed by atoms with E-state index in [1.165, 1.54) is 17.9 Å². The number of carbonyl (C=O) groups excluding carboxylic acids is 1. The lowest BCUT2D eigenvalue weighted by molar-refractivity contribution is -0.137. The summed E-state index contributed by atoms with van der Waals surface area (Å²) in [5.41, 5.74) is 2.04. The van der Waals surface area contributed by atoms with Crippen LogP contribution in [0.1, 0.15) is 31.7 Å². The quantitative estimate of drug-likeness (QED) is 0.894. The number of aliphatic imine (C=N–C) groups is 1. The molecule has 6 heteroatoms. The summed E-state index contributed by atoms with van der Waals surface area (Å²) in [5.74, 6) is 0.841. The zero-order valence-electron chi connectivity index (χ0n) is 14.4. The molecule has 2 unspecified atom stereocenters. The van der Waals surface area contributed by atoms with Crippen molar-refractivity contribution in [3.8, 4) is 5.75 Å². The van der Waals surface area contributed by atoms with E-state index in [-0.39, 0.29) is 23.8 Å². The maximum Gasteiger partial charge on any atom is 0.264 e. The van der Waals surface area contributed by atoms with Crippen molar-refractivity contribution in [2.24, 2.45) is 16.8 Å². The van der Waals surface area contributed by atoms with Gasteiger partial charge in [-0.25, -0.2) is 0 Å². The number of aromatic hydroxyl groups is 1. The summed E-state index contributed by atoms with van der Waals surface area (Å²) < 4.78 is 6.22. The van der Waals surface area contributed by atoms with Gasteiger partial charge >= 0.3 is 0 Å². The van der Waals surface area contributed by atoms with Crippen molar-refractivity contribution in [3.05, 3.63) is 23.8 Å². The number of phenolic OH excluding ortho intramolecular Hbond substituents is 1. The molecule has 1 amide bonds. The van der Waals surface area contributed by atoms with Gasteiger partial charge in [0, 0.05) is 23.6 Å². The molecule has 1 aromatic carbocycles. The van der Waals surface area contributed by atoms with Gasteiger partial charge in [-0.15, -0.1) is 0 Å². The van der Waals surface area contributed by atoms with E-state index < -0.39 is 5.41 Å². The van der Waals surface area contributed by atoms with Gasteiger partial charge in [-0.05, 0) is 30.9 Å². The fourth-order valence-corrected chi connectivity index (χ4v) is 5.50. The fraction of sp³-hybridized carbons (Fsp3) is 0.579. The molecule has 4 heterocycles. The highest BCUT2D eigenvalue weighted by atomic mass is 16.7. The molecule has 4 bridgehead atoms. The lowest BCUT2D eigenvalue weighted by Gasteiger charge is -2.38. The van der Waals surface area contributed by atoms with E-state index in [0.29, 0.717) is 30.6 Å². The number of ether oxygens (including phenoxy) is 1. The van der Waals surface area contributed by atoms with Crippen LogP contribution in [0.4, 0.5) is 5.69 Å². The van der Waals surface area contributed by atoms with Crippen LogP contribution in [0.3, 0.4) is 0 Å². The lowest BCUT2D eigenvalue weighted by Crippen LogP contribution is -2.51. The summed E-state index contributed by atoms with van der Waals surface area (Å²) in [6.07, 6.45) is 2.28. The smallest absolute Gasteiger partial charge is 0.264 e. The van der Waals surface area contributed by atoms with Gasteiger partial charge in [-0.3, -0.25) is 14.6 Å². The topological polar surface area (TPSA) is 71.4 Å². The Morgan fingerprint density at radius 2 is 2.32 bits per heavy atom. The molecule has 6 nitrogen and oxygen atoms in total. The Morgan fingerprint density at radius 3 is 3.08 bits per heavy atom. The number of hydroxylamine groups is 1. The molecular formula is C19H22N2O4. The van der Waals surface area contributed by atoms with E-state index in [0.717, 1.165) is 18.4 Å². The first kappa shape index (κ1) is 15.3. The van der Waals surface area contributed by atoms with Gasteiger partial charge in [-0.1, -0.05) is 13.0 Å². The molecule has 2 saturated heterocycles. The molecule has 5 aliphatic rings. The number of rotatable bonds is 2. The van der Waals surface area contributed by atoms with Gasteiger partial charge in [0.25, 0.3) is 5.91 Å². The van der Waals surface area contributed by atoms with Gasteiger partial charge in [0.2, 0.25) is 0 Å². The maximum absolute atomic E-state index is 13.4. The Hall–Kier alpha value is -1.92. The van der Waals surface area contributed by atoms with Gasteiger partial charge in [-0.2, -0.15) is 5.06 Å². The van der Waals surface area contributed by atoms with E-state index in [4.69, 9.17) is 14.6 Å². The molecule has 132 valence electrons. The van der Waals surface area contributed by atoms with Crippen LogP contribution in [-0.4, -0.2) is 42.6 Å². The third kappa shape index (κ3) is 1.76. The monoisotopic (exact) mass is 342 g/mol.